The Morgan fingerprint density at radius 1 is 0.812 bits per heavy atom. The van der Waals surface area contributed by atoms with E-state index in [1.54, 1.807) is 0 Å². The molecule has 0 saturated carbocycles. The first-order chi connectivity index (χ1) is 7.45. The molecule has 0 radical (unpaired) electrons. The second-order valence-corrected chi connectivity index (χ2v) is 4.28. The zero-order valence-electron chi connectivity index (χ0n) is 10.8. The molecule has 2 N–H and O–H groups in total. The van der Waals surface area contributed by atoms with Gasteiger partial charge in [-0.1, -0.05) is 53.4 Å². The molecule has 0 bridgehead atoms. The average Bonchev–Trinajstić information content (AvgIpc) is 2.14. The molecule has 0 spiro atoms. The van der Waals surface area contributed by atoms with Gasteiger partial charge in [-0.2, -0.15) is 0 Å². The summed E-state index contributed by atoms with van der Waals surface area (Å²) >= 11 is 0. The Labute approximate surface area is 98.5 Å². The van der Waals surface area contributed by atoms with Crippen LogP contribution in [0.25, 0.3) is 0 Å². The van der Waals surface area contributed by atoms with Gasteiger partial charge in [-0.05, 0) is 11.8 Å². The minimum Gasteiger partial charge on any atom is -0.222 e. The van der Waals surface area contributed by atoms with Gasteiger partial charge in [0.15, 0.2) is 0 Å². The van der Waals surface area contributed by atoms with Crippen LogP contribution in [0.3, 0.4) is 0 Å². The molecule has 0 amide bonds. The van der Waals surface area contributed by atoms with E-state index in [9.17, 15) is 0 Å². The molecule has 0 aliphatic rings. The van der Waals surface area contributed by atoms with Gasteiger partial charge in [-0.3, -0.25) is 0 Å². The number of hydrogen-bond donors (Lipinski definition) is 2. The van der Waals surface area contributed by atoms with Crippen molar-refractivity contribution in [3.8, 4) is 0 Å². The Morgan fingerprint density at radius 2 is 1.00 bits per heavy atom. The van der Waals surface area contributed by atoms with Gasteiger partial charge < -0.3 is 0 Å². The standard InChI is InChI=1S/C10H22.2CHNO/c1-9(2)7-5-6-8-10(3)4;2*2-1-3/h9-10H,5-8H2,1-4H3;2*2H. The van der Waals surface area contributed by atoms with Crippen LogP contribution in [0.5, 0.6) is 0 Å². The Hall–Kier alpha value is -1.24. The van der Waals surface area contributed by atoms with Crippen molar-refractivity contribution in [3.63, 3.8) is 0 Å². The lowest BCUT2D eigenvalue weighted by molar-refractivity contribution is 0.483. The number of rotatable bonds is 5. The zero-order chi connectivity index (χ0) is 13.4. The lowest BCUT2D eigenvalue weighted by Crippen LogP contribution is -1.90. The van der Waals surface area contributed by atoms with Crippen LogP contribution in [0.4, 0.5) is 0 Å². The van der Waals surface area contributed by atoms with Gasteiger partial charge >= 0.3 is 0 Å². The van der Waals surface area contributed by atoms with Gasteiger partial charge in [0.05, 0.1) is 0 Å². The van der Waals surface area contributed by atoms with Crippen molar-refractivity contribution in [2.24, 2.45) is 11.8 Å². The van der Waals surface area contributed by atoms with Gasteiger partial charge in [0.2, 0.25) is 12.2 Å². The minimum absolute atomic E-state index is 0.750. The smallest absolute Gasteiger partial charge is 0.222 e. The molecule has 4 nitrogen and oxygen atoms in total. The fraction of sp³-hybridized carbons (Fsp3) is 0.833. The van der Waals surface area contributed by atoms with Gasteiger partial charge in [0, 0.05) is 0 Å². The highest BCUT2D eigenvalue weighted by atomic mass is 16.1. The SMILES string of the molecule is CC(C)CCCCC(C)C.N=C=O.N=C=O. The predicted octanol–water partition coefficient (Wildman–Crippen LogP) is 3.66. The molecule has 0 unspecified atom stereocenters. The van der Waals surface area contributed by atoms with Gasteiger partial charge in [0.25, 0.3) is 0 Å². The summed E-state index contributed by atoms with van der Waals surface area (Å²) < 4.78 is 0. The summed E-state index contributed by atoms with van der Waals surface area (Å²) in [6, 6.07) is 0. The zero-order valence-corrected chi connectivity index (χ0v) is 10.8. The van der Waals surface area contributed by atoms with Crippen molar-refractivity contribution in [2.75, 3.05) is 0 Å². The number of hydrogen-bond acceptors (Lipinski definition) is 4. The molecule has 0 saturated heterocycles. The molecule has 0 rings (SSSR count). The molecule has 0 aliphatic heterocycles. The van der Waals surface area contributed by atoms with E-state index >= 15 is 0 Å². The number of unbranched alkanes of at least 4 members (excludes halogenated alkanes) is 1. The monoisotopic (exact) mass is 228 g/mol. The van der Waals surface area contributed by atoms with Crippen molar-refractivity contribution in [2.45, 2.75) is 53.4 Å². The molecule has 0 atom stereocenters. The van der Waals surface area contributed by atoms with Crippen LogP contribution in [-0.4, -0.2) is 12.2 Å². The molecule has 0 aromatic carbocycles. The Bertz CT molecular complexity index is 167. The third-order valence-corrected chi connectivity index (χ3v) is 1.81. The molecule has 16 heavy (non-hydrogen) atoms. The average molecular weight is 228 g/mol. The second kappa shape index (κ2) is 19.4. The van der Waals surface area contributed by atoms with Crippen LogP contribution in [0.2, 0.25) is 0 Å². The first-order valence-electron chi connectivity index (χ1n) is 5.53. The number of carbonyl (C=O) groups excluding carboxylic acids is 2. The topological polar surface area (TPSA) is 81.8 Å². The van der Waals surface area contributed by atoms with Gasteiger partial charge in [-0.15, -0.1) is 0 Å². The van der Waals surface area contributed by atoms with Crippen LogP contribution >= 0.6 is 0 Å². The van der Waals surface area contributed by atoms with Crippen molar-refractivity contribution in [3.05, 3.63) is 0 Å². The van der Waals surface area contributed by atoms with Crippen molar-refractivity contribution in [1.82, 2.24) is 0 Å². The van der Waals surface area contributed by atoms with E-state index in [0.29, 0.717) is 0 Å². The van der Waals surface area contributed by atoms with Crippen LogP contribution in [0.1, 0.15) is 53.4 Å². The highest BCUT2D eigenvalue weighted by Crippen LogP contribution is 2.11. The van der Waals surface area contributed by atoms with Crippen molar-refractivity contribution >= 4 is 12.2 Å². The maximum absolute atomic E-state index is 8.35. The summed E-state index contributed by atoms with van der Waals surface area (Å²) in [7, 11) is 0. The largest absolute Gasteiger partial charge is 0.231 e. The fourth-order valence-electron chi connectivity index (χ4n) is 1.11. The van der Waals surface area contributed by atoms with E-state index in [-0.39, 0.29) is 0 Å². The molecular formula is C12H24N2O2. The summed E-state index contributed by atoms with van der Waals surface area (Å²) in [6.45, 7) is 9.20. The predicted molar refractivity (Wildman–Crippen MR) is 65.0 cm³/mol. The van der Waals surface area contributed by atoms with E-state index in [0.717, 1.165) is 24.0 Å². The lowest BCUT2D eigenvalue weighted by Gasteiger charge is -2.05. The molecule has 0 fully saturated rings. The molecular weight excluding hydrogens is 204 g/mol. The van der Waals surface area contributed by atoms with Crippen molar-refractivity contribution in [1.29, 1.82) is 10.8 Å². The van der Waals surface area contributed by atoms with E-state index in [2.05, 4.69) is 27.7 Å². The summed E-state index contributed by atoms with van der Waals surface area (Å²) in [5, 5.41) is 10.8. The molecule has 4 heteroatoms. The number of nitrogens with one attached hydrogen (secondary N) is 2. The first kappa shape index (κ1) is 20.2. The third kappa shape index (κ3) is 53.2. The van der Waals surface area contributed by atoms with Gasteiger partial charge in [-0.25, -0.2) is 20.4 Å². The fourth-order valence-corrected chi connectivity index (χ4v) is 1.11. The van der Waals surface area contributed by atoms with E-state index < -0.39 is 0 Å². The lowest BCUT2D eigenvalue weighted by atomic mass is 10.0. The Morgan fingerprint density at radius 3 is 1.12 bits per heavy atom. The van der Waals surface area contributed by atoms with Crippen LogP contribution < -0.4 is 0 Å². The Kier molecular flexibility index (Phi) is 24.4. The summed E-state index contributed by atoms with van der Waals surface area (Å²) in [5.41, 5.74) is 0. The highest BCUT2D eigenvalue weighted by molar-refractivity contribution is 5.26. The first-order valence-corrected chi connectivity index (χ1v) is 5.53. The van der Waals surface area contributed by atoms with Crippen LogP contribution in [0.15, 0.2) is 0 Å². The molecule has 0 aromatic rings. The van der Waals surface area contributed by atoms with Crippen molar-refractivity contribution < 1.29 is 9.59 Å². The quantitative estimate of drug-likeness (QED) is 0.427. The van der Waals surface area contributed by atoms with E-state index in [1.165, 1.54) is 25.7 Å². The summed E-state index contributed by atoms with van der Waals surface area (Å²) in [4.78, 5) is 16.7. The highest BCUT2D eigenvalue weighted by Gasteiger charge is 1.95. The summed E-state index contributed by atoms with van der Waals surface area (Å²) in [5.74, 6) is 1.79. The number of isocyanates is 2. The van der Waals surface area contributed by atoms with E-state index in [4.69, 9.17) is 20.4 Å². The molecule has 0 aromatic heterocycles. The second-order valence-electron chi connectivity index (χ2n) is 4.28. The minimum atomic E-state index is 0.750. The van der Waals surface area contributed by atoms with Gasteiger partial charge in [0.1, 0.15) is 0 Å². The van der Waals surface area contributed by atoms with E-state index in [1.807, 2.05) is 0 Å². The molecule has 0 aliphatic carbocycles. The molecule has 94 valence electrons. The summed E-state index contributed by atoms with van der Waals surface area (Å²) in [6.07, 6.45) is 7.17. The van der Waals surface area contributed by atoms with Crippen LogP contribution in [0, 0.1) is 22.7 Å². The molecule has 0 heterocycles. The van der Waals surface area contributed by atoms with Crippen LogP contribution in [-0.2, 0) is 9.59 Å². The maximum atomic E-state index is 8.35. The third-order valence-electron chi connectivity index (χ3n) is 1.81. The maximum Gasteiger partial charge on any atom is 0.231 e. The normalized spacial score (nSPS) is 8.12. The Balaban J connectivity index is -0.000000235.